The molecule has 43 heavy (non-hydrogen) atoms. The third kappa shape index (κ3) is 6.02. The van der Waals surface area contributed by atoms with Crippen LogP contribution in [0.1, 0.15) is 29.7 Å². The molecule has 0 radical (unpaired) electrons. The first kappa shape index (κ1) is 29.2. The fourth-order valence-corrected chi connectivity index (χ4v) is 5.78. The van der Waals surface area contributed by atoms with Gasteiger partial charge in [0.2, 0.25) is 0 Å². The van der Waals surface area contributed by atoms with Crippen LogP contribution < -0.4 is 24.4 Å². The van der Waals surface area contributed by atoms with E-state index in [1.165, 1.54) is 23.8 Å². The summed E-state index contributed by atoms with van der Waals surface area (Å²) in [6.07, 6.45) is 3.08. The normalized spacial score (nSPS) is 14.5. The van der Waals surface area contributed by atoms with Gasteiger partial charge in [-0.25, -0.2) is 9.79 Å². The number of para-hydroxylation sites is 1. The summed E-state index contributed by atoms with van der Waals surface area (Å²) in [5.41, 5.74) is 1.61. The molecule has 1 aromatic heterocycles. The van der Waals surface area contributed by atoms with Crippen LogP contribution in [0.25, 0.3) is 6.08 Å². The number of carbonyl (C=O) groups is 1. The van der Waals surface area contributed by atoms with Gasteiger partial charge in [-0.3, -0.25) is 19.5 Å². The van der Waals surface area contributed by atoms with Gasteiger partial charge in [0.1, 0.15) is 13.2 Å². The van der Waals surface area contributed by atoms with Gasteiger partial charge in [0.25, 0.3) is 11.2 Å². The van der Waals surface area contributed by atoms with E-state index >= 15 is 0 Å². The Hall–Kier alpha value is -5.29. The molecule has 1 aliphatic rings. The summed E-state index contributed by atoms with van der Waals surface area (Å²) in [5, 5.41) is 11.6. The molecule has 0 saturated carbocycles. The van der Waals surface area contributed by atoms with E-state index in [-0.39, 0.29) is 34.6 Å². The number of allylic oxidation sites excluding steroid dienone is 1. The summed E-state index contributed by atoms with van der Waals surface area (Å²) >= 11 is 1.08. The van der Waals surface area contributed by atoms with Gasteiger partial charge in [0.05, 0.1) is 39.4 Å². The molecule has 1 aliphatic heterocycles. The number of rotatable bonds is 10. The van der Waals surface area contributed by atoms with Crippen molar-refractivity contribution in [2.24, 2.45) is 4.99 Å². The van der Waals surface area contributed by atoms with E-state index in [4.69, 9.17) is 14.2 Å². The number of thiazole rings is 1. The first-order valence-corrected chi connectivity index (χ1v) is 14.0. The number of nitro benzene ring substituents is 1. The van der Waals surface area contributed by atoms with Crippen molar-refractivity contribution in [3.63, 3.8) is 0 Å². The van der Waals surface area contributed by atoms with Crippen molar-refractivity contribution < 1.29 is 23.9 Å². The Bertz CT molecular complexity index is 1930. The summed E-state index contributed by atoms with van der Waals surface area (Å²) in [4.78, 5) is 43.7. The zero-order chi connectivity index (χ0) is 30.5. The van der Waals surface area contributed by atoms with Gasteiger partial charge < -0.3 is 14.2 Å². The van der Waals surface area contributed by atoms with Crippen LogP contribution in [0.5, 0.6) is 11.5 Å². The summed E-state index contributed by atoms with van der Waals surface area (Å²) in [7, 11) is 1.49. The van der Waals surface area contributed by atoms with Crippen molar-refractivity contribution in [3.05, 3.63) is 143 Å². The van der Waals surface area contributed by atoms with Crippen molar-refractivity contribution >= 4 is 29.1 Å². The second-order valence-electron chi connectivity index (χ2n) is 9.47. The topological polar surface area (TPSA) is 122 Å². The molecule has 10 nitrogen and oxygen atoms in total. The van der Waals surface area contributed by atoms with Gasteiger partial charge in [0.15, 0.2) is 16.3 Å². The largest absolute Gasteiger partial charge is 0.493 e. The summed E-state index contributed by atoms with van der Waals surface area (Å²) in [6, 6.07) is 19.6. The summed E-state index contributed by atoms with van der Waals surface area (Å²) < 4.78 is 18.6. The number of esters is 1. The predicted molar refractivity (Wildman–Crippen MR) is 162 cm³/mol. The Morgan fingerprint density at radius 3 is 2.58 bits per heavy atom. The predicted octanol–water partition coefficient (Wildman–Crippen LogP) is 4.46. The summed E-state index contributed by atoms with van der Waals surface area (Å²) in [6.45, 7) is 5.64. The molecule has 1 unspecified atom stereocenters. The van der Waals surface area contributed by atoms with E-state index in [0.717, 1.165) is 16.9 Å². The molecule has 0 saturated heterocycles. The smallest absolute Gasteiger partial charge is 0.338 e. The van der Waals surface area contributed by atoms with E-state index in [1.807, 2.05) is 30.3 Å². The molecule has 1 atom stereocenters. The van der Waals surface area contributed by atoms with Crippen LogP contribution >= 0.6 is 11.3 Å². The van der Waals surface area contributed by atoms with Crippen LogP contribution in [-0.2, 0) is 16.1 Å². The van der Waals surface area contributed by atoms with Crippen molar-refractivity contribution in [1.29, 1.82) is 0 Å². The summed E-state index contributed by atoms with van der Waals surface area (Å²) in [5.74, 6) is 0.228. The highest BCUT2D eigenvalue weighted by atomic mass is 32.1. The van der Waals surface area contributed by atoms with Gasteiger partial charge in [-0.15, -0.1) is 0 Å². The second-order valence-corrected chi connectivity index (χ2v) is 10.5. The Morgan fingerprint density at radius 2 is 1.86 bits per heavy atom. The van der Waals surface area contributed by atoms with E-state index in [0.29, 0.717) is 27.6 Å². The lowest BCUT2D eigenvalue weighted by Gasteiger charge is -2.25. The molecule has 0 spiro atoms. The number of hydrogen-bond acceptors (Lipinski definition) is 9. The first-order chi connectivity index (χ1) is 20.8. The minimum Gasteiger partial charge on any atom is -0.493 e. The maximum Gasteiger partial charge on any atom is 0.338 e. The lowest BCUT2D eigenvalue weighted by Crippen LogP contribution is -2.40. The average Bonchev–Trinajstić information content (AvgIpc) is 3.32. The minimum absolute atomic E-state index is 0.0307. The number of methoxy groups -OCH3 is 1. The average molecular weight is 598 g/mol. The molecular formula is C32H27N3O7S. The molecule has 2 heterocycles. The molecule has 0 bridgehead atoms. The number of fused-ring (bicyclic) bond motifs is 1. The van der Waals surface area contributed by atoms with Gasteiger partial charge in [-0.2, -0.15) is 0 Å². The van der Waals surface area contributed by atoms with Crippen molar-refractivity contribution in [2.45, 2.75) is 19.6 Å². The van der Waals surface area contributed by atoms with Crippen LogP contribution in [0.3, 0.4) is 0 Å². The third-order valence-corrected chi connectivity index (χ3v) is 7.72. The molecule has 11 heteroatoms. The van der Waals surface area contributed by atoms with Crippen LogP contribution in [-0.4, -0.2) is 29.2 Å². The van der Waals surface area contributed by atoms with Crippen LogP contribution in [0, 0.1) is 10.1 Å². The first-order valence-electron chi connectivity index (χ1n) is 13.2. The number of nitrogens with zero attached hydrogens (tertiary/aromatic N) is 3. The maximum absolute atomic E-state index is 14.0. The van der Waals surface area contributed by atoms with Gasteiger partial charge in [-0.1, -0.05) is 72.5 Å². The molecule has 4 aromatic rings. The van der Waals surface area contributed by atoms with Gasteiger partial charge in [-0.05, 0) is 42.3 Å². The Labute approximate surface area is 250 Å². The molecule has 3 aromatic carbocycles. The zero-order valence-electron chi connectivity index (χ0n) is 23.4. The third-order valence-electron chi connectivity index (χ3n) is 6.73. The van der Waals surface area contributed by atoms with E-state index < -0.39 is 22.5 Å². The lowest BCUT2D eigenvalue weighted by molar-refractivity contribution is -0.385. The number of carbonyl (C=O) groups excluding carboxylic acids is 1. The Morgan fingerprint density at radius 1 is 1.12 bits per heavy atom. The quantitative estimate of drug-likeness (QED) is 0.115. The lowest BCUT2D eigenvalue weighted by atomic mass is 9.95. The van der Waals surface area contributed by atoms with Crippen molar-refractivity contribution in [2.75, 3.05) is 13.7 Å². The number of nitro groups is 1. The number of ether oxygens (including phenoxy) is 3. The number of benzene rings is 3. The molecular weight excluding hydrogens is 570 g/mol. The molecule has 0 aliphatic carbocycles. The van der Waals surface area contributed by atoms with Crippen LogP contribution in [0.4, 0.5) is 5.69 Å². The van der Waals surface area contributed by atoms with Crippen LogP contribution in [0.2, 0.25) is 0 Å². The fourth-order valence-electron chi connectivity index (χ4n) is 4.74. The van der Waals surface area contributed by atoms with E-state index in [2.05, 4.69) is 11.6 Å². The second kappa shape index (κ2) is 12.7. The van der Waals surface area contributed by atoms with Crippen molar-refractivity contribution in [3.8, 4) is 11.5 Å². The van der Waals surface area contributed by atoms with E-state index in [1.54, 1.807) is 49.4 Å². The molecule has 5 rings (SSSR count). The number of hydrogen-bond donors (Lipinski definition) is 0. The molecule has 0 N–H and O–H groups in total. The minimum atomic E-state index is -0.921. The standard InChI is InChI=1S/C32H27N3O7S/c1-4-16-41-25-15-14-23(17-26(25)40-3)29-28(31(37)42-19-21-10-6-5-7-11-21)20(2)33-32-34(29)30(36)27(43-32)18-22-12-8-9-13-24(22)35(38)39/h4-15,17-18,29H,1,16,19H2,2-3H3/b27-18-. The number of aromatic nitrogens is 1. The highest BCUT2D eigenvalue weighted by Gasteiger charge is 2.34. The van der Waals surface area contributed by atoms with Crippen molar-refractivity contribution in [1.82, 2.24) is 4.57 Å². The molecule has 218 valence electrons. The van der Waals surface area contributed by atoms with Gasteiger partial charge in [0, 0.05) is 6.07 Å². The van der Waals surface area contributed by atoms with Gasteiger partial charge >= 0.3 is 5.97 Å². The Balaban J connectivity index is 1.66. The molecule has 0 fully saturated rings. The monoisotopic (exact) mass is 597 g/mol. The fraction of sp³-hybridized carbons (Fsp3) is 0.156. The zero-order valence-corrected chi connectivity index (χ0v) is 24.2. The Kier molecular flexibility index (Phi) is 8.63. The van der Waals surface area contributed by atoms with E-state index in [9.17, 15) is 19.7 Å². The highest BCUT2D eigenvalue weighted by molar-refractivity contribution is 7.07. The SMILES string of the molecule is C=CCOc1ccc(C2C(C(=O)OCc3ccccc3)=C(C)N=c3s/c(=C\c4ccccc4[N+](=O)[O-])c(=O)n32)cc1OC. The maximum atomic E-state index is 14.0. The highest BCUT2D eigenvalue weighted by Crippen LogP contribution is 2.36. The molecule has 0 amide bonds. The van der Waals surface area contributed by atoms with Crippen LogP contribution in [0.15, 0.2) is 107 Å².